The second kappa shape index (κ2) is 7.71. The minimum absolute atomic E-state index is 0.129. The molecule has 0 unspecified atom stereocenters. The first-order valence-electron chi connectivity index (χ1n) is 8.74. The van der Waals surface area contributed by atoms with Crippen LogP contribution in [0.25, 0.3) is 11.4 Å². The summed E-state index contributed by atoms with van der Waals surface area (Å²) in [4.78, 5) is 30.0. The Bertz CT molecular complexity index is 934. The molecule has 3 aromatic rings. The van der Waals surface area contributed by atoms with Crippen LogP contribution in [0.5, 0.6) is 0 Å². The Morgan fingerprint density at radius 3 is 2.81 bits per heavy atom. The Hall–Kier alpha value is -3.00. The molecule has 0 aliphatic carbocycles. The van der Waals surface area contributed by atoms with E-state index in [0.29, 0.717) is 30.2 Å². The first-order valence-corrected chi connectivity index (χ1v) is 9.69. The van der Waals surface area contributed by atoms with Crippen LogP contribution >= 0.6 is 11.3 Å². The number of carbonyl (C=O) groups excluding carboxylic acids is 2. The van der Waals surface area contributed by atoms with Crippen LogP contribution in [0.2, 0.25) is 0 Å². The number of amides is 2. The predicted molar refractivity (Wildman–Crippen MR) is 103 cm³/mol. The summed E-state index contributed by atoms with van der Waals surface area (Å²) in [6.07, 6.45) is 2.12. The molecule has 7 nitrogen and oxygen atoms in total. The number of hydrogen-bond donors (Lipinski definition) is 1. The molecule has 3 heterocycles. The van der Waals surface area contributed by atoms with Crippen LogP contribution in [0.15, 0.2) is 45.6 Å². The van der Waals surface area contributed by atoms with E-state index in [4.69, 9.17) is 4.52 Å². The normalized spacial score (nSPS) is 13.9. The van der Waals surface area contributed by atoms with Crippen molar-refractivity contribution in [3.63, 3.8) is 0 Å². The molecule has 2 amide bonds. The first kappa shape index (κ1) is 17.4. The van der Waals surface area contributed by atoms with E-state index in [9.17, 15) is 9.59 Å². The summed E-state index contributed by atoms with van der Waals surface area (Å²) in [7, 11) is 0. The Kier molecular flexibility index (Phi) is 4.97. The van der Waals surface area contributed by atoms with Crippen molar-refractivity contribution >= 4 is 34.5 Å². The summed E-state index contributed by atoms with van der Waals surface area (Å²) in [6, 6.07) is 9.24. The molecule has 0 bridgehead atoms. The molecule has 4 rings (SSSR count). The highest BCUT2D eigenvalue weighted by Crippen LogP contribution is 2.23. The van der Waals surface area contributed by atoms with Gasteiger partial charge in [-0.3, -0.25) is 9.59 Å². The summed E-state index contributed by atoms with van der Waals surface area (Å²) in [5, 5.41) is 10.7. The van der Waals surface area contributed by atoms with Gasteiger partial charge in [0.2, 0.25) is 23.5 Å². The van der Waals surface area contributed by atoms with Crippen LogP contribution in [0, 0.1) is 0 Å². The minimum Gasteiger partial charge on any atom is -0.339 e. The maximum atomic E-state index is 12.2. The molecule has 138 valence electrons. The van der Waals surface area contributed by atoms with Crippen molar-refractivity contribution in [3.05, 3.63) is 47.0 Å². The summed E-state index contributed by atoms with van der Waals surface area (Å²) in [5.74, 6) is 0.997. The molecule has 1 aliphatic rings. The molecule has 1 aromatic carbocycles. The molecule has 1 N–H and O–H groups in total. The Labute approximate surface area is 160 Å². The molecule has 1 aliphatic heterocycles. The number of thiophene rings is 1. The molecule has 1 saturated heterocycles. The fourth-order valence-electron chi connectivity index (χ4n) is 2.96. The van der Waals surface area contributed by atoms with E-state index >= 15 is 0 Å². The monoisotopic (exact) mass is 382 g/mol. The standard InChI is InChI=1S/C19H18N4O3S/c24-16(7-8-17-21-19(22-26-17)13-9-11-27-12-13)20-14-3-5-15(6-4-14)23-10-1-2-18(23)25/h3-6,9,11-12H,1-2,7-8,10H2,(H,20,24). The topological polar surface area (TPSA) is 88.3 Å². The lowest BCUT2D eigenvalue weighted by molar-refractivity contribution is -0.117. The van der Waals surface area contributed by atoms with Crippen molar-refractivity contribution in [2.75, 3.05) is 16.8 Å². The van der Waals surface area contributed by atoms with E-state index < -0.39 is 0 Å². The van der Waals surface area contributed by atoms with Crippen molar-refractivity contribution in [1.82, 2.24) is 10.1 Å². The van der Waals surface area contributed by atoms with Gasteiger partial charge in [-0.15, -0.1) is 0 Å². The van der Waals surface area contributed by atoms with Gasteiger partial charge in [0, 0.05) is 48.1 Å². The third-order valence-corrected chi connectivity index (χ3v) is 5.03. The van der Waals surface area contributed by atoms with E-state index in [1.807, 2.05) is 29.0 Å². The number of hydrogen-bond acceptors (Lipinski definition) is 6. The molecule has 0 atom stereocenters. The van der Waals surface area contributed by atoms with Crippen molar-refractivity contribution in [3.8, 4) is 11.4 Å². The van der Waals surface area contributed by atoms with E-state index in [1.54, 1.807) is 28.4 Å². The van der Waals surface area contributed by atoms with Gasteiger partial charge < -0.3 is 14.7 Å². The van der Waals surface area contributed by atoms with E-state index in [-0.39, 0.29) is 18.2 Å². The van der Waals surface area contributed by atoms with Gasteiger partial charge >= 0.3 is 0 Å². The molecule has 0 spiro atoms. The van der Waals surface area contributed by atoms with Crippen molar-refractivity contribution in [2.24, 2.45) is 0 Å². The van der Waals surface area contributed by atoms with Crippen LogP contribution in [-0.4, -0.2) is 28.5 Å². The van der Waals surface area contributed by atoms with Crippen LogP contribution in [-0.2, 0) is 16.0 Å². The molecule has 0 saturated carbocycles. The molecule has 8 heteroatoms. The minimum atomic E-state index is -0.129. The average Bonchev–Trinajstić information content (AvgIpc) is 3.42. The molecule has 27 heavy (non-hydrogen) atoms. The number of aryl methyl sites for hydroxylation is 1. The largest absolute Gasteiger partial charge is 0.339 e. The maximum Gasteiger partial charge on any atom is 0.227 e. The molecular formula is C19H18N4O3S. The SMILES string of the molecule is O=C(CCc1nc(-c2ccsc2)no1)Nc1ccc(N2CCCC2=O)cc1. The zero-order chi connectivity index (χ0) is 18.6. The van der Waals surface area contributed by atoms with Gasteiger partial charge in [0.1, 0.15) is 0 Å². The summed E-state index contributed by atoms with van der Waals surface area (Å²) >= 11 is 1.56. The molecule has 1 fully saturated rings. The van der Waals surface area contributed by atoms with Crippen LogP contribution < -0.4 is 10.2 Å². The number of rotatable bonds is 6. The number of aromatic nitrogens is 2. The fourth-order valence-corrected chi connectivity index (χ4v) is 3.59. The van der Waals surface area contributed by atoms with Gasteiger partial charge in [-0.25, -0.2) is 0 Å². The lowest BCUT2D eigenvalue weighted by atomic mass is 10.2. The van der Waals surface area contributed by atoms with Gasteiger partial charge in [-0.2, -0.15) is 16.3 Å². The van der Waals surface area contributed by atoms with E-state index in [0.717, 1.165) is 24.2 Å². The lowest BCUT2D eigenvalue weighted by Gasteiger charge is -2.16. The van der Waals surface area contributed by atoms with Gasteiger partial charge in [0.05, 0.1) is 0 Å². The quantitative estimate of drug-likeness (QED) is 0.705. The lowest BCUT2D eigenvalue weighted by Crippen LogP contribution is -2.23. The zero-order valence-corrected chi connectivity index (χ0v) is 15.4. The number of anilines is 2. The summed E-state index contributed by atoms with van der Waals surface area (Å²) in [6.45, 7) is 0.752. The Balaban J connectivity index is 1.30. The van der Waals surface area contributed by atoms with Crippen LogP contribution in [0.3, 0.4) is 0 Å². The van der Waals surface area contributed by atoms with Gasteiger partial charge in [-0.1, -0.05) is 5.16 Å². The zero-order valence-electron chi connectivity index (χ0n) is 14.6. The molecular weight excluding hydrogens is 364 g/mol. The van der Waals surface area contributed by atoms with Gasteiger partial charge in [0.25, 0.3) is 0 Å². The Morgan fingerprint density at radius 1 is 1.26 bits per heavy atom. The van der Waals surface area contributed by atoms with Crippen molar-refractivity contribution < 1.29 is 14.1 Å². The fraction of sp³-hybridized carbons (Fsp3) is 0.263. The first-order chi connectivity index (χ1) is 13.2. The number of carbonyl (C=O) groups is 2. The van der Waals surface area contributed by atoms with Crippen LogP contribution in [0.4, 0.5) is 11.4 Å². The van der Waals surface area contributed by atoms with Crippen LogP contribution in [0.1, 0.15) is 25.2 Å². The number of nitrogens with one attached hydrogen (secondary N) is 1. The highest BCUT2D eigenvalue weighted by molar-refractivity contribution is 7.08. The maximum absolute atomic E-state index is 12.2. The smallest absolute Gasteiger partial charge is 0.227 e. The number of benzene rings is 1. The third kappa shape index (κ3) is 4.06. The number of nitrogens with zero attached hydrogens (tertiary/aromatic N) is 3. The van der Waals surface area contributed by atoms with Crippen molar-refractivity contribution in [1.29, 1.82) is 0 Å². The van der Waals surface area contributed by atoms with E-state index in [1.165, 1.54) is 0 Å². The van der Waals surface area contributed by atoms with Gasteiger partial charge in [-0.05, 0) is 42.1 Å². The Morgan fingerprint density at radius 2 is 2.11 bits per heavy atom. The third-order valence-electron chi connectivity index (χ3n) is 4.35. The second-order valence-corrected chi connectivity index (χ2v) is 7.05. The highest BCUT2D eigenvalue weighted by atomic mass is 32.1. The molecule has 2 aromatic heterocycles. The average molecular weight is 382 g/mol. The van der Waals surface area contributed by atoms with E-state index in [2.05, 4.69) is 15.5 Å². The molecule has 0 radical (unpaired) electrons. The van der Waals surface area contributed by atoms with Gasteiger partial charge in [0.15, 0.2) is 0 Å². The predicted octanol–water partition coefficient (Wildman–Crippen LogP) is 3.50. The second-order valence-electron chi connectivity index (χ2n) is 6.27. The highest BCUT2D eigenvalue weighted by Gasteiger charge is 2.21. The summed E-state index contributed by atoms with van der Waals surface area (Å²) in [5.41, 5.74) is 2.47. The van der Waals surface area contributed by atoms with Crippen molar-refractivity contribution in [2.45, 2.75) is 25.7 Å². The summed E-state index contributed by atoms with van der Waals surface area (Å²) < 4.78 is 5.20.